The molecule has 11 heteroatoms. The van der Waals surface area contributed by atoms with Gasteiger partial charge in [-0.1, -0.05) is 42.5 Å². The fraction of sp³-hybridized carbons (Fsp3) is 0.429. The largest absolute Gasteiger partial charge is 0.481 e. The van der Waals surface area contributed by atoms with Gasteiger partial charge in [-0.15, -0.1) is 0 Å². The van der Waals surface area contributed by atoms with E-state index in [1.54, 1.807) is 30.3 Å². The molecule has 2 aromatic carbocycles. The fourth-order valence-electron chi connectivity index (χ4n) is 6.57. The summed E-state index contributed by atoms with van der Waals surface area (Å²) in [6.07, 6.45) is -4.46. The van der Waals surface area contributed by atoms with Crippen molar-refractivity contribution in [3.63, 3.8) is 0 Å². The first-order valence-electron chi connectivity index (χ1n) is 12.5. The predicted octanol–water partition coefficient (Wildman–Crippen LogP) is 2.48. The molecule has 2 aliphatic heterocycles. The van der Waals surface area contributed by atoms with Crippen molar-refractivity contribution in [2.24, 2.45) is 0 Å². The molecule has 0 amide bonds. The summed E-state index contributed by atoms with van der Waals surface area (Å²) in [5.41, 5.74) is 1.28. The molecule has 39 heavy (non-hydrogen) atoms. The Bertz CT molecular complexity index is 1310. The molecule has 2 aliphatic carbocycles. The lowest BCUT2D eigenvalue weighted by atomic mass is 9.50. The average Bonchev–Trinajstić information content (AvgIpc) is 3.28. The minimum atomic E-state index is -4.64. The summed E-state index contributed by atoms with van der Waals surface area (Å²) >= 11 is 0. The minimum Gasteiger partial charge on any atom is -0.481 e. The van der Waals surface area contributed by atoms with E-state index in [4.69, 9.17) is 14.3 Å². The Hall–Kier alpha value is -3.25. The number of likely N-dealkylation sites (tertiary alicyclic amines) is 1. The van der Waals surface area contributed by atoms with Crippen LogP contribution in [0.3, 0.4) is 0 Å². The number of hydrogen-bond donors (Lipinski definition) is 3. The van der Waals surface area contributed by atoms with Gasteiger partial charge >= 0.3 is 12.1 Å². The summed E-state index contributed by atoms with van der Waals surface area (Å²) in [5.74, 6) is 0.126. The van der Waals surface area contributed by atoms with Crippen molar-refractivity contribution in [2.75, 3.05) is 13.6 Å². The summed E-state index contributed by atoms with van der Waals surface area (Å²) < 4.78 is 43.4. The molecule has 1 fully saturated rings. The Morgan fingerprint density at radius 3 is 2.59 bits per heavy atom. The molecule has 0 unspecified atom stereocenters. The van der Waals surface area contributed by atoms with Crippen LogP contribution in [0.25, 0.3) is 0 Å². The molecule has 8 nitrogen and oxygen atoms in total. The van der Waals surface area contributed by atoms with E-state index in [1.807, 2.05) is 25.2 Å². The van der Waals surface area contributed by atoms with E-state index < -0.39 is 41.7 Å². The maximum Gasteiger partial charge on any atom is 0.446 e. The number of aldehydes is 1. The highest BCUT2D eigenvalue weighted by atomic mass is 19.4. The van der Waals surface area contributed by atoms with Crippen molar-refractivity contribution in [1.29, 1.82) is 0 Å². The van der Waals surface area contributed by atoms with Crippen LogP contribution in [0.4, 0.5) is 13.2 Å². The van der Waals surface area contributed by atoms with Crippen LogP contribution >= 0.6 is 0 Å². The van der Waals surface area contributed by atoms with Crippen LogP contribution in [-0.2, 0) is 32.8 Å². The molecule has 2 aromatic rings. The van der Waals surface area contributed by atoms with Crippen molar-refractivity contribution >= 4 is 12.3 Å². The Morgan fingerprint density at radius 2 is 1.95 bits per heavy atom. The van der Waals surface area contributed by atoms with Gasteiger partial charge in [0.15, 0.2) is 12.2 Å². The van der Waals surface area contributed by atoms with Crippen LogP contribution < -0.4 is 4.74 Å². The molecular weight excluding hydrogens is 519 g/mol. The number of esters is 1. The van der Waals surface area contributed by atoms with Crippen molar-refractivity contribution in [3.8, 4) is 5.75 Å². The molecule has 1 saturated heterocycles. The van der Waals surface area contributed by atoms with Crippen LogP contribution in [0.15, 0.2) is 54.3 Å². The number of likely N-dealkylation sites (N-methyl/N-ethyl adjacent to an activating group) is 1. The highest BCUT2D eigenvalue weighted by Crippen LogP contribution is 2.64. The first-order valence-corrected chi connectivity index (χ1v) is 12.5. The summed E-state index contributed by atoms with van der Waals surface area (Å²) in [5, 5.41) is 32.7. The third-order valence-electron chi connectivity index (χ3n) is 8.32. The summed E-state index contributed by atoms with van der Waals surface area (Å²) in [4.78, 5) is 23.8. The van der Waals surface area contributed by atoms with Crippen molar-refractivity contribution in [3.05, 3.63) is 76.6 Å². The van der Waals surface area contributed by atoms with Crippen LogP contribution in [-0.4, -0.2) is 70.0 Å². The van der Waals surface area contributed by atoms with Crippen molar-refractivity contribution < 1.29 is 47.6 Å². The molecule has 0 saturated carbocycles. The number of carbonyl (C=O) groups excluding carboxylic acids is 2. The van der Waals surface area contributed by atoms with Crippen LogP contribution in [0, 0.1) is 0 Å². The van der Waals surface area contributed by atoms with Crippen molar-refractivity contribution in [1.82, 2.24) is 4.90 Å². The number of alkyl halides is 3. The maximum absolute atomic E-state index is 12.9. The monoisotopic (exact) mass is 547 g/mol. The lowest BCUT2D eigenvalue weighted by molar-refractivity contribution is -0.172. The highest BCUT2D eigenvalue weighted by molar-refractivity contribution is 5.77. The molecule has 0 aromatic heterocycles. The van der Waals surface area contributed by atoms with E-state index in [1.165, 1.54) is 0 Å². The number of piperidine rings is 1. The van der Waals surface area contributed by atoms with Crippen molar-refractivity contribution in [2.45, 2.75) is 61.3 Å². The average molecular weight is 548 g/mol. The Morgan fingerprint density at radius 1 is 1.26 bits per heavy atom. The standard InChI is InChI=1S/C26H27NO6.C2HF3O/c1-27-12-11-25-20-16-7-8-17(14-28)22(20)33-23(25)18(9-10-26(25,31)19(27)13-16)32-24(30)21(29)15-5-3-2-4-6-15;3-2(4,5)1-6/h2-9,19,21,23,28-29,31H,10-14H2,1H3;1H/t19-,21+,23+,25+,26-;/m1./s1. The molecule has 4 aliphatic rings. The van der Waals surface area contributed by atoms with E-state index in [0.29, 0.717) is 41.9 Å². The number of benzene rings is 2. The summed E-state index contributed by atoms with van der Waals surface area (Å²) in [6, 6.07) is 12.4. The van der Waals surface area contributed by atoms with Gasteiger partial charge in [0.05, 0.1) is 17.6 Å². The highest BCUT2D eigenvalue weighted by Gasteiger charge is 2.71. The number of nitrogens with zero attached hydrogens (tertiary/aromatic N) is 1. The Balaban J connectivity index is 0.000000465. The Kier molecular flexibility index (Phi) is 6.82. The summed E-state index contributed by atoms with van der Waals surface area (Å²) in [7, 11) is 2.03. The van der Waals surface area contributed by atoms with Gasteiger partial charge in [0.2, 0.25) is 6.29 Å². The molecule has 6 rings (SSSR count). The zero-order chi connectivity index (χ0) is 28.2. The van der Waals surface area contributed by atoms with E-state index in [-0.39, 0.29) is 12.6 Å². The second-order valence-electron chi connectivity index (χ2n) is 10.3. The number of hydrogen-bond acceptors (Lipinski definition) is 8. The van der Waals surface area contributed by atoms with E-state index >= 15 is 0 Å². The second kappa shape index (κ2) is 9.74. The normalized spacial score (nSPS) is 29.2. The second-order valence-corrected chi connectivity index (χ2v) is 10.3. The van der Waals surface area contributed by atoms with Gasteiger partial charge in [-0.25, -0.2) is 4.79 Å². The molecule has 2 bridgehead atoms. The zero-order valence-corrected chi connectivity index (χ0v) is 21.0. The van der Waals surface area contributed by atoms with Gasteiger partial charge in [0, 0.05) is 23.6 Å². The molecule has 0 radical (unpaired) electrons. The lowest BCUT2D eigenvalue weighted by Gasteiger charge is -2.61. The van der Waals surface area contributed by atoms with Gasteiger partial charge in [-0.05, 0) is 43.6 Å². The number of aliphatic hydroxyl groups is 3. The number of ether oxygens (including phenoxy) is 2. The third-order valence-corrected chi connectivity index (χ3v) is 8.32. The number of carbonyl (C=O) groups is 2. The summed E-state index contributed by atoms with van der Waals surface area (Å²) in [6.45, 7) is 0.585. The van der Waals surface area contributed by atoms with Gasteiger partial charge in [-0.3, -0.25) is 4.79 Å². The molecule has 5 atom stereocenters. The lowest BCUT2D eigenvalue weighted by Crippen LogP contribution is -2.74. The SMILES string of the molecule is CN1CC[C@]23c4c5ccc(CO)c4O[C@H]2C(OC(=O)[C@@H](O)c2ccccc2)=CC[C@@]3(O)[C@H]1C5.O=CC(F)(F)F. The number of aliphatic hydroxyl groups excluding tert-OH is 2. The van der Waals surface area contributed by atoms with Crippen LogP contribution in [0.5, 0.6) is 5.75 Å². The Labute approximate surface area is 222 Å². The van der Waals surface area contributed by atoms with Crippen LogP contribution in [0.2, 0.25) is 0 Å². The first kappa shape index (κ1) is 27.3. The molecule has 208 valence electrons. The molecular formula is C28H28F3NO7. The minimum absolute atomic E-state index is 0.0980. The molecule has 2 heterocycles. The van der Waals surface area contributed by atoms with E-state index in [9.17, 15) is 33.3 Å². The fourth-order valence-corrected chi connectivity index (χ4v) is 6.57. The quantitative estimate of drug-likeness (QED) is 0.395. The number of halogens is 3. The van der Waals surface area contributed by atoms with Gasteiger partial charge < -0.3 is 29.7 Å². The third kappa shape index (κ3) is 4.24. The zero-order valence-electron chi connectivity index (χ0n) is 21.0. The van der Waals surface area contributed by atoms with E-state index in [2.05, 4.69) is 4.90 Å². The van der Waals surface area contributed by atoms with Gasteiger partial charge in [0.25, 0.3) is 0 Å². The van der Waals surface area contributed by atoms with Gasteiger partial charge in [0.1, 0.15) is 11.5 Å². The smallest absolute Gasteiger partial charge is 0.446 e. The molecule has 1 spiro atoms. The first-order chi connectivity index (χ1) is 18.5. The topological polar surface area (TPSA) is 117 Å². The number of rotatable bonds is 4. The predicted molar refractivity (Wildman–Crippen MR) is 130 cm³/mol. The maximum atomic E-state index is 12.9. The van der Waals surface area contributed by atoms with Gasteiger partial charge in [-0.2, -0.15) is 13.2 Å². The van der Waals surface area contributed by atoms with E-state index in [0.717, 1.165) is 17.7 Å². The molecule has 3 N–H and O–H groups in total. The van der Waals surface area contributed by atoms with Crippen LogP contribution in [0.1, 0.15) is 41.2 Å².